The lowest BCUT2D eigenvalue weighted by Gasteiger charge is -2.40. The highest BCUT2D eigenvalue weighted by Gasteiger charge is 2.38. The van der Waals surface area contributed by atoms with Crippen LogP contribution in [0.5, 0.6) is 0 Å². The number of aromatic nitrogens is 3. The lowest BCUT2D eigenvalue weighted by atomic mass is 9.94. The van der Waals surface area contributed by atoms with E-state index in [0.29, 0.717) is 18.8 Å². The Morgan fingerprint density at radius 2 is 2.08 bits per heavy atom. The van der Waals surface area contributed by atoms with Crippen molar-refractivity contribution in [3.8, 4) is 0 Å². The molecule has 0 radical (unpaired) electrons. The van der Waals surface area contributed by atoms with Gasteiger partial charge in [0.15, 0.2) is 11.8 Å². The number of carbonyl (C=O) groups is 1. The van der Waals surface area contributed by atoms with E-state index >= 15 is 0 Å². The van der Waals surface area contributed by atoms with Crippen molar-refractivity contribution < 1.29 is 14.4 Å². The summed E-state index contributed by atoms with van der Waals surface area (Å²) in [6, 6.07) is 12.7. The third-order valence-corrected chi connectivity index (χ3v) is 4.48. The first-order chi connectivity index (χ1) is 12.3. The van der Waals surface area contributed by atoms with Crippen LogP contribution < -0.4 is 0 Å². The van der Waals surface area contributed by atoms with Crippen LogP contribution in [-0.2, 0) is 11.4 Å². The summed E-state index contributed by atoms with van der Waals surface area (Å²) in [4.78, 5) is 14.8. The Hall–Kier alpha value is -2.93. The molecule has 3 aromatic rings. The van der Waals surface area contributed by atoms with Crippen LogP contribution in [-0.4, -0.2) is 43.9 Å². The van der Waals surface area contributed by atoms with Gasteiger partial charge in [0.25, 0.3) is 5.91 Å². The second-order valence-electron chi connectivity index (χ2n) is 6.12. The average Bonchev–Trinajstić information content (AvgIpc) is 3.27. The van der Waals surface area contributed by atoms with E-state index in [2.05, 4.69) is 10.3 Å². The van der Waals surface area contributed by atoms with Crippen LogP contribution >= 0.6 is 0 Å². The third-order valence-electron chi connectivity index (χ3n) is 4.48. The molecule has 0 spiro atoms. The van der Waals surface area contributed by atoms with Gasteiger partial charge in [0.2, 0.25) is 0 Å². The van der Waals surface area contributed by atoms with Gasteiger partial charge >= 0.3 is 0 Å². The molecule has 1 saturated heterocycles. The van der Waals surface area contributed by atoms with E-state index in [-0.39, 0.29) is 18.4 Å². The molecule has 0 bridgehead atoms. The zero-order valence-electron chi connectivity index (χ0n) is 13.5. The van der Waals surface area contributed by atoms with Crippen LogP contribution in [0, 0.1) is 0 Å². The zero-order valence-corrected chi connectivity index (χ0v) is 13.5. The summed E-state index contributed by atoms with van der Waals surface area (Å²) in [6.45, 7) is 0.999. The van der Waals surface area contributed by atoms with Crippen molar-refractivity contribution >= 4 is 5.91 Å². The van der Waals surface area contributed by atoms with Gasteiger partial charge in [-0.2, -0.15) is 5.10 Å². The maximum Gasteiger partial charge on any atom is 0.252 e. The molecule has 0 saturated carbocycles. The lowest BCUT2D eigenvalue weighted by molar-refractivity contribution is -0.138. The molecule has 4 rings (SSSR count). The summed E-state index contributed by atoms with van der Waals surface area (Å²) in [5, 5.41) is 17.3. The molecule has 1 N–H and O–H groups in total. The number of benzene rings is 1. The van der Waals surface area contributed by atoms with E-state index in [9.17, 15) is 4.79 Å². The van der Waals surface area contributed by atoms with Gasteiger partial charge in [-0.25, -0.2) is 0 Å². The summed E-state index contributed by atoms with van der Waals surface area (Å²) in [6.07, 6.45) is 3.48. The Morgan fingerprint density at radius 1 is 1.28 bits per heavy atom. The van der Waals surface area contributed by atoms with Crippen LogP contribution in [0.4, 0.5) is 0 Å². The van der Waals surface area contributed by atoms with E-state index in [0.717, 1.165) is 11.3 Å². The second-order valence-corrected chi connectivity index (χ2v) is 6.12. The fraction of sp³-hybridized carbons (Fsp3) is 0.278. The lowest BCUT2D eigenvalue weighted by Crippen LogP contribution is -2.51. The van der Waals surface area contributed by atoms with Gasteiger partial charge in [0.05, 0.1) is 5.69 Å². The minimum absolute atomic E-state index is 0.0111. The highest BCUT2D eigenvalue weighted by atomic mass is 16.5. The zero-order chi connectivity index (χ0) is 17.2. The molecule has 1 unspecified atom stereocenters. The molecule has 1 amide bonds. The van der Waals surface area contributed by atoms with Crippen molar-refractivity contribution in [1.82, 2.24) is 19.8 Å². The van der Waals surface area contributed by atoms with Gasteiger partial charge < -0.3 is 14.5 Å². The SMILES string of the molecule is O=C(C(c1ccccc1)n1cccn1)N1CC(c2cc(CO)on2)C1. The minimum Gasteiger partial charge on any atom is -0.388 e. The molecule has 3 heterocycles. The Bertz CT molecular complexity index is 838. The van der Waals surface area contributed by atoms with Crippen LogP contribution in [0.15, 0.2) is 59.4 Å². The van der Waals surface area contributed by atoms with Crippen LogP contribution in [0.2, 0.25) is 0 Å². The summed E-state index contributed by atoms with van der Waals surface area (Å²) in [5.74, 6) is 0.595. The van der Waals surface area contributed by atoms with Crippen molar-refractivity contribution in [3.63, 3.8) is 0 Å². The quantitative estimate of drug-likeness (QED) is 0.763. The first-order valence-corrected chi connectivity index (χ1v) is 8.15. The Labute approximate surface area is 144 Å². The van der Waals surface area contributed by atoms with Crippen LogP contribution in [0.3, 0.4) is 0 Å². The van der Waals surface area contributed by atoms with Crippen LogP contribution in [0.1, 0.15) is 29.0 Å². The molecule has 128 valence electrons. The summed E-state index contributed by atoms with van der Waals surface area (Å²) < 4.78 is 6.71. The van der Waals surface area contributed by atoms with Crippen molar-refractivity contribution in [2.75, 3.05) is 13.1 Å². The average molecular weight is 338 g/mol. The summed E-state index contributed by atoms with van der Waals surface area (Å²) >= 11 is 0. The molecule has 1 aliphatic rings. The largest absolute Gasteiger partial charge is 0.388 e. The van der Waals surface area contributed by atoms with E-state index in [4.69, 9.17) is 9.63 Å². The predicted octanol–water partition coefficient (Wildman–Crippen LogP) is 1.58. The molecule has 25 heavy (non-hydrogen) atoms. The number of rotatable bonds is 5. The van der Waals surface area contributed by atoms with Gasteiger partial charge in [-0.15, -0.1) is 0 Å². The smallest absolute Gasteiger partial charge is 0.252 e. The minimum atomic E-state index is -0.470. The Balaban J connectivity index is 1.51. The molecule has 1 aliphatic heterocycles. The van der Waals surface area contributed by atoms with E-state index < -0.39 is 6.04 Å². The van der Waals surface area contributed by atoms with Gasteiger partial charge in [-0.1, -0.05) is 35.5 Å². The number of aliphatic hydroxyl groups is 1. The maximum absolute atomic E-state index is 13.0. The second kappa shape index (κ2) is 6.52. The van der Waals surface area contributed by atoms with Gasteiger partial charge in [-0.05, 0) is 11.6 Å². The number of hydrogen-bond donors (Lipinski definition) is 1. The number of nitrogens with zero attached hydrogens (tertiary/aromatic N) is 4. The monoisotopic (exact) mass is 338 g/mol. The van der Waals surface area contributed by atoms with Gasteiger partial charge in [0.1, 0.15) is 6.61 Å². The Kier molecular flexibility index (Phi) is 4.07. The molecular weight excluding hydrogens is 320 g/mol. The highest BCUT2D eigenvalue weighted by Crippen LogP contribution is 2.30. The molecule has 2 aromatic heterocycles. The molecule has 0 aliphatic carbocycles. The van der Waals surface area contributed by atoms with Crippen molar-refractivity contribution in [3.05, 3.63) is 71.9 Å². The van der Waals surface area contributed by atoms with Crippen molar-refractivity contribution in [2.45, 2.75) is 18.6 Å². The van der Waals surface area contributed by atoms with Gasteiger partial charge in [-0.3, -0.25) is 9.48 Å². The van der Waals surface area contributed by atoms with Gasteiger partial charge in [0, 0.05) is 37.5 Å². The highest BCUT2D eigenvalue weighted by molar-refractivity contribution is 5.84. The first-order valence-electron chi connectivity index (χ1n) is 8.15. The number of aliphatic hydroxyl groups excluding tert-OH is 1. The molecule has 7 nitrogen and oxygen atoms in total. The third kappa shape index (κ3) is 2.94. The molecule has 1 fully saturated rings. The maximum atomic E-state index is 13.0. The number of hydrogen-bond acceptors (Lipinski definition) is 5. The molecular formula is C18H18N4O3. The predicted molar refractivity (Wildman–Crippen MR) is 88.6 cm³/mol. The molecule has 7 heteroatoms. The fourth-order valence-corrected chi connectivity index (χ4v) is 3.09. The normalized spacial score (nSPS) is 15.8. The number of amides is 1. The fourth-order valence-electron chi connectivity index (χ4n) is 3.09. The summed E-state index contributed by atoms with van der Waals surface area (Å²) in [7, 11) is 0. The van der Waals surface area contributed by atoms with E-state index in [1.165, 1.54) is 0 Å². The Morgan fingerprint density at radius 3 is 2.72 bits per heavy atom. The van der Waals surface area contributed by atoms with E-state index in [1.54, 1.807) is 28.0 Å². The summed E-state index contributed by atoms with van der Waals surface area (Å²) in [5.41, 5.74) is 1.69. The molecule has 1 aromatic carbocycles. The number of likely N-dealkylation sites (tertiary alicyclic amines) is 1. The first kappa shape index (κ1) is 15.6. The van der Waals surface area contributed by atoms with Crippen LogP contribution in [0.25, 0.3) is 0 Å². The topological polar surface area (TPSA) is 84.4 Å². The van der Waals surface area contributed by atoms with Crippen molar-refractivity contribution in [2.24, 2.45) is 0 Å². The van der Waals surface area contributed by atoms with Crippen molar-refractivity contribution in [1.29, 1.82) is 0 Å². The standard InChI is InChI=1S/C18H18N4O3/c23-12-15-9-16(20-25-15)14-10-21(11-14)18(24)17(22-8-4-7-19-22)13-5-2-1-3-6-13/h1-9,14,17,23H,10-12H2. The van der Waals surface area contributed by atoms with E-state index in [1.807, 2.05) is 36.4 Å². The number of carbonyl (C=O) groups excluding carboxylic acids is 1. The molecule has 1 atom stereocenters.